The van der Waals surface area contributed by atoms with Gasteiger partial charge in [0.15, 0.2) is 0 Å². The van der Waals surface area contributed by atoms with Gasteiger partial charge in [0.2, 0.25) is 5.91 Å². The van der Waals surface area contributed by atoms with E-state index in [0.717, 1.165) is 17.8 Å². The summed E-state index contributed by atoms with van der Waals surface area (Å²) in [4.78, 5) is 14.0. The summed E-state index contributed by atoms with van der Waals surface area (Å²) in [6.07, 6.45) is 1.44. The first-order valence-electron chi connectivity index (χ1n) is 6.24. The molecule has 1 heterocycles. The number of hydrogen-bond donors (Lipinski definition) is 0. The van der Waals surface area contributed by atoms with Crippen molar-refractivity contribution in [3.8, 4) is 0 Å². The number of carbonyl (C=O) groups excluding carboxylic acids is 1. The van der Waals surface area contributed by atoms with Crippen LogP contribution in [0, 0.1) is 6.92 Å². The summed E-state index contributed by atoms with van der Waals surface area (Å²) in [7, 11) is 0. The standard InChI is InChI=1S/C16H15NO/c1-12-6-5-9-15-14(12)10-11-16(18)17(15)13-7-3-2-4-8-13/h2-9H,10-11H2,1H3. The van der Waals surface area contributed by atoms with Crippen LogP contribution in [0.25, 0.3) is 0 Å². The molecule has 18 heavy (non-hydrogen) atoms. The minimum atomic E-state index is 0.180. The second-order valence-corrected chi connectivity index (χ2v) is 4.64. The number of amides is 1. The molecular formula is C16H15NO. The molecule has 1 aliphatic heterocycles. The fourth-order valence-electron chi connectivity index (χ4n) is 2.56. The Bertz CT molecular complexity index is 589. The molecule has 2 nitrogen and oxygen atoms in total. The number of aryl methyl sites for hydroxylation is 1. The number of rotatable bonds is 1. The molecule has 1 amide bonds. The highest BCUT2D eigenvalue weighted by molar-refractivity contribution is 6.03. The predicted octanol–water partition coefficient (Wildman–Crippen LogP) is 3.61. The van der Waals surface area contributed by atoms with Crippen LogP contribution in [0.4, 0.5) is 11.4 Å². The molecule has 0 saturated heterocycles. The van der Waals surface area contributed by atoms with Gasteiger partial charge in [0.1, 0.15) is 0 Å². The molecule has 0 radical (unpaired) electrons. The van der Waals surface area contributed by atoms with Gasteiger partial charge in [-0.15, -0.1) is 0 Å². The van der Waals surface area contributed by atoms with E-state index in [1.54, 1.807) is 0 Å². The van der Waals surface area contributed by atoms with Crippen LogP contribution in [0.2, 0.25) is 0 Å². The fourth-order valence-corrected chi connectivity index (χ4v) is 2.56. The predicted molar refractivity (Wildman–Crippen MR) is 73.1 cm³/mol. The van der Waals surface area contributed by atoms with Gasteiger partial charge in [-0.05, 0) is 42.7 Å². The van der Waals surface area contributed by atoms with Crippen molar-refractivity contribution in [2.75, 3.05) is 4.90 Å². The number of nitrogens with zero attached hydrogens (tertiary/aromatic N) is 1. The highest BCUT2D eigenvalue weighted by atomic mass is 16.2. The second-order valence-electron chi connectivity index (χ2n) is 4.64. The first-order valence-corrected chi connectivity index (χ1v) is 6.24. The average molecular weight is 237 g/mol. The van der Waals surface area contributed by atoms with Gasteiger partial charge in [0.25, 0.3) is 0 Å². The van der Waals surface area contributed by atoms with Crippen molar-refractivity contribution in [3.63, 3.8) is 0 Å². The fraction of sp³-hybridized carbons (Fsp3) is 0.188. The zero-order chi connectivity index (χ0) is 12.5. The van der Waals surface area contributed by atoms with Crippen LogP contribution in [0.5, 0.6) is 0 Å². The van der Waals surface area contributed by atoms with Crippen molar-refractivity contribution in [2.45, 2.75) is 19.8 Å². The Morgan fingerprint density at radius 3 is 2.50 bits per heavy atom. The monoisotopic (exact) mass is 237 g/mol. The Morgan fingerprint density at radius 1 is 0.944 bits per heavy atom. The summed E-state index contributed by atoms with van der Waals surface area (Å²) in [6, 6.07) is 16.0. The number of benzene rings is 2. The first kappa shape index (κ1) is 11.0. The zero-order valence-electron chi connectivity index (χ0n) is 10.4. The molecule has 90 valence electrons. The molecule has 0 spiro atoms. The Labute approximate surface area is 107 Å². The minimum absolute atomic E-state index is 0.180. The van der Waals surface area contributed by atoms with Gasteiger partial charge in [0.05, 0.1) is 5.69 Å². The molecule has 2 aromatic rings. The first-order chi connectivity index (χ1) is 8.77. The van der Waals surface area contributed by atoms with Gasteiger partial charge in [0, 0.05) is 12.1 Å². The lowest BCUT2D eigenvalue weighted by Gasteiger charge is -2.30. The Morgan fingerprint density at radius 2 is 1.72 bits per heavy atom. The lowest BCUT2D eigenvalue weighted by molar-refractivity contribution is -0.118. The number of fused-ring (bicyclic) bond motifs is 1. The maximum Gasteiger partial charge on any atom is 0.231 e. The Balaban J connectivity index is 2.16. The SMILES string of the molecule is Cc1cccc2c1CCC(=O)N2c1ccccc1. The van der Waals surface area contributed by atoms with E-state index in [1.165, 1.54) is 11.1 Å². The van der Waals surface area contributed by atoms with Gasteiger partial charge in [-0.1, -0.05) is 30.3 Å². The highest BCUT2D eigenvalue weighted by Gasteiger charge is 2.25. The van der Waals surface area contributed by atoms with E-state index in [-0.39, 0.29) is 5.91 Å². The number of carbonyl (C=O) groups is 1. The van der Waals surface area contributed by atoms with Crippen LogP contribution in [0.3, 0.4) is 0 Å². The number of para-hydroxylation sites is 1. The van der Waals surface area contributed by atoms with E-state index >= 15 is 0 Å². The molecular weight excluding hydrogens is 222 g/mol. The summed E-state index contributed by atoms with van der Waals surface area (Å²) in [5.74, 6) is 0.180. The molecule has 0 aliphatic carbocycles. The minimum Gasteiger partial charge on any atom is -0.281 e. The third kappa shape index (κ3) is 1.70. The zero-order valence-corrected chi connectivity index (χ0v) is 10.4. The average Bonchev–Trinajstić information content (AvgIpc) is 2.40. The van der Waals surface area contributed by atoms with Crippen molar-refractivity contribution in [1.29, 1.82) is 0 Å². The van der Waals surface area contributed by atoms with Crippen LogP contribution in [0.15, 0.2) is 48.5 Å². The second kappa shape index (κ2) is 4.30. The molecule has 0 aromatic heterocycles. The quantitative estimate of drug-likeness (QED) is 0.742. The molecule has 0 bridgehead atoms. The maximum atomic E-state index is 12.2. The van der Waals surface area contributed by atoms with E-state index in [0.29, 0.717) is 6.42 Å². The van der Waals surface area contributed by atoms with Gasteiger partial charge in [-0.25, -0.2) is 0 Å². The molecule has 0 N–H and O–H groups in total. The Hall–Kier alpha value is -2.09. The largest absolute Gasteiger partial charge is 0.281 e. The van der Waals surface area contributed by atoms with Crippen LogP contribution in [-0.2, 0) is 11.2 Å². The van der Waals surface area contributed by atoms with E-state index in [2.05, 4.69) is 13.0 Å². The maximum absolute atomic E-state index is 12.2. The summed E-state index contributed by atoms with van der Waals surface area (Å²) < 4.78 is 0. The summed E-state index contributed by atoms with van der Waals surface area (Å²) in [6.45, 7) is 2.11. The lowest BCUT2D eigenvalue weighted by atomic mass is 9.96. The summed E-state index contributed by atoms with van der Waals surface area (Å²) in [5.41, 5.74) is 4.55. The third-order valence-electron chi connectivity index (χ3n) is 3.48. The summed E-state index contributed by atoms with van der Waals surface area (Å²) in [5, 5.41) is 0. The number of hydrogen-bond acceptors (Lipinski definition) is 1. The van der Waals surface area contributed by atoms with E-state index in [1.807, 2.05) is 47.4 Å². The van der Waals surface area contributed by atoms with Gasteiger partial charge in [-0.3, -0.25) is 9.69 Å². The van der Waals surface area contributed by atoms with Crippen molar-refractivity contribution < 1.29 is 4.79 Å². The molecule has 0 fully saturated rings. The van der Waals surface area contributed by atoms with E-state index in [4.69, 9.17) is 0 Å². The molecule has 0 saturated carbocycles. The molecule has 2 aromatic carbocycles. The van der Waals surface area contributed by atoms with Crippen LogP contribution in [-0.4, -0.2) is 5.91 Å². The van der Waals surface area contributed by atoms with Crippen molar-refractivity contribution in [1.82, 2.24) is 0 Å². The molecule has 3 rings (SSSR count). The van der Waals surface area contributed by atoms with Gasteiger partial charge < -0.3 is 0 Å². The molecule has 0 atom stereocenters. The Kier molecular flexibility index (Phi) is 2.63. The van der Waals surface area contributed by atoms with Gasteiger partial charge in [-0.2, -0.15) is 0 Å². The van der Waals surface area contributed by atoms with Crippen LogP contribution < -0.4 is 4.90 Å². The molecule has 2 heteroatoms. The normalized spacial score (nSPS) is 14.5. The van der Waals surface area contributed by atoms with Crippen molar-refractivity contribution in [3.05, 3.63) is 59.7 Å². The van der Waals surface area contributed by atoms with E-state index in [9.17, 15) is 4.79 Å². The van der Waals surface area contributed by atoms with Crippen LogP contribution >= 0.6 is 0 Å². The van der Waals surface area contributed by atoms with Crippen molar-refractivity contribution in [2.24, 2.45) is 0 Å². The van der Waals surface area contributed by atoms with Crippen LogP contribution in [0.1, 0.15) is 17.5 Å². The molecule has 1 aliphatic rings. The van der Waals surface area contributed by atoms with Gasteiger partial charge >= 0.3 is 0 Å². The molecule has 0 unspecified atom stereocenters. The van der Waals surface area contributed by atoms with Crippen molar-refractivity contribution >= 4 is 17.3 Å². The lowest BCUT2D eigenvalue weighted by Crippen LogP contribution is -2.31. The van der Waals surface area contributed by atoms with E-state index < -0.39 is 0 Å². The third-order valence-corrected chi connectivity index (χ3v) is 3.48. The smallest absolute Gasteiger partial charge is 0.231 e. The summed E-state index contributed by atoms with van der Waals surface area (Å²) >= 11 is 0. The highest BCUT2D eigenvalue weighted by Crippen LogP contribution is 2.35. The topological polar surface area (TPSA) is 20.3 Å². The number of anilines is 2.